The molecular weight excluding hydrogens is 370 g/mol. The number of hydrogen-bond acceptors (Lipinski definition) is 8. The molecule has 0 aromatic rings. The Morgan fingerprint density at radius 2 is 1.32 bits per heavy atom. The van der Waals surface area contributed by atoms with Crippen molar-refractivity contribution in [1.29, 1.82) is 0 Å². The zero-order valence-corrected chi connectivity index (χ0v) is 17.9. The SMILES string of the molecule is COC(=O)/C=C\CC[C@@H](C(=O)OC)N(C(=O)OC(C)(C)C)C(=O)OC(C)(C)C. The summed E-state index contributed by atoms with van der Waals surface area (Å²) in [7, 11) is 2.37. The Hall–Kier alpha value is -2.58. The number of allylic oxidation sites excluding steroid dienone is 1. The molecule has 0 saturated carbocycles. The molecule has 9 heteroatoms. The highest BCUT2D eigenvalue weighted by molar-refractivity contribution is 5.94. The first-order chi connectivity index (χ1) is 12.7. The van der Waals surface area contributed by atoms with E-state index in [2.05, 4.69) is 4.74 Å². The van der Waals surface area contributed by atoms with Gasteiger partial charge in [0.25, 0.3) is 0 Å². The van der Waals surface area contributed by atoms with Gasteiger partial charge in [0, 0.05) is 6.08 Å². The summed E-state index contributed by atoms with van der Waals surface area (Å²) in [6.45, 7) is 9.78. The number of carbonyl (C=O) groups excluding carboxylic acids is 4. The van der Waals surface area contributed by atoms with Crippen molar-refractivity contribution in [3.63, 3.8) is 0 Å². The Kier molecular flexibility index (Phi) is 9.69. The lowest BCUT2D eigenvalue weighted by molar-refractivity contribution is -0.146. The monoisotopic (exact) mass is 401 g/mol. The minimum Gasteiger partial charge on any atom is -0.467 e. The molecule has 0 rings (SSSR count). The third-order valence-corrected chi connectivity index (χ3v) is 3.03. The van der Waals surface area contributed by atoms with Gasteiger partial charge in [-0.05, 0) is 54.4 Å². The summed E-state index contributed by atoms with van der Waals surface area (Å²) >= 11 is 0. The van der Waals surface area contributed by atoms with E-state index in [1.165, 1.54) is 19.3 Å². The van der Waals surface area contributed by atoms with Crippen molar-refractivity contribution in [3.8, 4) is 0 Å². The molecule has 0 aliphatic heterocycles. The van der Waals surface area contributed by atoms with Crippen molar-refractivity contribution < 1.29 is 38.1 Å². The van der Waals surface area contributed by atoms with Gasteiger partial charge in [0.1, 0.15) is 17.2 Å². The Bertz CT molecular complexity index is 570. The number of hydrogen-bond donors (Lipinski definition) is 0. The Labute approximate surface area is 165 Å². The van der Waals surface area contributed by atoms with Gasteiger partial charge in [-0.25, -0.2) is 19.2 Å². The number of methoxy groups -OCH3 is 2. The second-order valence-corrected chi connectivity index (χ2v) is 7.87. The highest BCUT2D eigenvalue weighted by atomic mass is 16.6. The summed E-state index contributed by atoms with van der Waals surface area (Å²) in [4.78, 5) is 49.3. The Morgan fingerprint density at radius 3 is 1.68 bits per heavy atom. The molecule has 0 spiro atoms. The molecule has 28 heavy (non-hydrogen) atoms. The zero-order chi connectivity index (χ0) is 22.1. The average molecular weight is 401 g/mol. The molecule has 0 bridgehead atoms. The standard InChI is InChI=1S/C19H31NO8/c1-18(2,3)27-16(23)20(17(24)28-19(4,5)6)13(15(22)26-8)11-9-10-12-14(21)25-7/h10,12-13H,9,11H2,1-8H3/b12-10-/t13-/m0/s1. The predicted octanol–water partition coefficient (Wildman–Crippen LogP) is 3.21. The summed E-state index contributed by atoms with van der Waals surface area (Å²) < 4.78 is 19.7. The molecule has 2 amide bonds. The summed E-state index contributed by atoms with van der Waals surface area (Å²) in [5, 5.41) is 0. The van der Waals surface area contributed by atoms with Gasteiger partial charge in [-0.3, -0.25) is 0 Å². The quantitative estimate of drug-likeness (QED) is 0.379. The maximum Gasteiger partial charge on any atom is 0.420 e. The minimum atomic E-state index is -1.29. The molecule has 0 N–H and O–H groups in total. The van der Waals surface area contributed by atoms with Gasteiger partial charge in [-0.1, -0.05) is 6.08 Å². The average Bonchev–Trinajstić information content (AvgIpc) is 2.52. The molecule has 0 unspecified atom stereocenters. The third kappa shape index (κ3) is 9.94. The maximum absolute atomic E-state index is 12.6. The smallest absolute Gasteiger partial charge is 0.420 e. The molecule has 0 aliphatic carbocycles. The molecule has 0 saturated heterocycles. The van der Waals surface area contributed by atoms with E-state index in [-0.39, 0.29) is 12.8 Å². The van der Waals surface area contributed by atoms with Gasteiger partial charge in [-0.2, -0.15) is 4.90 Å². The van der Waals surface area contributed by atoms with E-state index in [1.54, 1.807) is 41.5 Å². The van der Waals surface area contributed by atoms with Gasteiger partial charge < -0.3 is 18.9 Å². The molecule has 160 valence electrons. The highest BCUT2D eigenvalue weighted by Crippen LogP contribution is 2.20. The lowest BCUT2D eigenvalue weighted by Crippen LogP contribution is -2.52. The van der Waals surface area contributed by atoms with Gasteiger partial charge >= 0.3 is 24.1 Å². The molecule has 0 aliphatic rings. The van der Waals surface area contributed by atoms with Crippen LogP contribution in [0.15, 0.2) is 12.2 Å². The number of nitrogens with zero attached hydrogens (tertiary/aromatic N) is 1. The fraction of sp³-hybridized carbons (Fsp3) is 0.684. The molecule has 0 heterocycles. The van der Waals surface area contributed by atoms with E-state index in [9.17, 15) is 19.2 Å². The Morgan fingerprint density at radius 1 is 0.857 bits per heavy atom. The van der Waals surface area contributed by atoms with E-state index in [1.807, 2.05) is 0 Å². The molecule has 9 nitrogen and oxygen atoms in total. The number of carbonyl (C=O) groups is 4. The number of ether oxygens (including phenoxy) is 4. The van der Waals surface area contributed by atoms with Gasteiger partial charge in [-0.15, -0.1) is 0 Å². The summed E-state index contributed by atoms with van der Waals surface area (Å²) in [5.74, 6) is -1.38. The maximum atomic E-state index is 12.6. The van der Waals surface area contributed by atoms with E-state index in [4.69, 9.17) is 14.2 Å². The van der Waals surface area contributed by atoms with E-state index < -0.39 is 41.4 Å². The summed E-state index contributed by atoms with van der Waals surface area (Å²) in [6, 6.07) is -1.29. The number of imide groups is 1. The van der Waals surface area contributed by atoms with Crippen molar-refractivity contribution in [1.82, 2.24) is 4.90 Å². The zero-order valence-electron chi connectivity index (χ0n) is 17.9. The second-order valence-electron chi connectivity index (χ2n) is 7.87. The normalized spacial score (nSPS) is 12.9. The molecule has 0 radical (unpaired) electrons. The van der Waals surface area contributed by atoms with Crippen LogP contribution in [-0.2, 0) is 28.5 Å². The fourth-order valence-electron chi connectivity index (χ4n) is 1.94. The van der Waals surface area contributed by atoms with Crippen LogP contribution in [0, 0.1) is 0 Å². The van der Waals surface area contributed by atoms with Crippen LogP contribution in [0.3, 0.4) is 0 Å². The second kappa shape index (κ2) is 10.7. The minimum absolute atomic E-state index is 0.00134. The summed E-state index contributed by atoms with van der Waals surface area (Å²) in [5.41, 5.74) is -1.80. The first-order valence-corrected chi connectivity index (χ1v) is 8.79. The molecule has 0 aromatic carbocycles. The molecular formula is C19H31NO8. The largest absolute Gasteiger partial charge is 0.467 e. The van der Waals surface area contributed by atoms with Crippen molar-refractivity contribution in [3.05, 3.63) is 12.2 Å². The lowest BCUT2D eigenvalue weighted by atomic mass is 10.1. The van der Waals surface area contributed by atoms with Crippen molar-refractivity contribution in [2.24, 2.45) is 0 Å². The van der Waals surface area contributed by atoms with Crippen LogP contribution in [0.2, 0.25) is 0 Å². The van der Waals surface area contributed by atoms with Crippen molar-refractivity contribution in [2.45, 2.75) is 71.6 Å². The van der Waals surface area contributed by atoms with E-state index in [0.717, 1.165) is 7.11 Å². The lowest BCUT2D eigenvalue weighted by Gasteiger charge is -2.32. The number of amides is 2. The van der Waals surface area contributed by atoms with Gasteiger partial charge in [0.15, 0.2) is 0 Å². The van der Waals surface area contributed by atoms with Crippen LogP contribution < -0.4 is 0 Å². The van der Waals surface area contributed by atoms with E-state index in [0.29, 0.717) is 4.90 Å². The van der Waals surface area contributed by atoms with Crippen LogP contribution in [0.5, 0.6) is 0 Å². The predicted molar refractivity (Wildman–Crippen MR) is 101 cm³/mol. The fourth-order valence-corrected chi connectivity index (χ4v) is 1.94. The Balaban J connectivity index is 5.71. The first kappa shape index (κ1) is 25.4. The van der Waals surface area contributed by atoms with Gasteiger partial charge in [0.05, 0.1) is 14.2 Å². The molecule has 0 fully saturated rings. The highest BCUT2D eigenvalue weighted by Gasteiger charge is 2.40. The van der Waals surface area contributed by atoms with Crippen LogP contribution in [0.1, 0.15) is 54.4 Å². The third-order valence-electron chi connectivity index (χ3n) is 3.03. The van der Waals surface area contributed by atoms with E-state index >= 15 is 0 Å². The van der Waals surface area contributed by atoms with Crippen LogP contribution >= 0.6 is 0 Å². The van der Waals surface area contributed by atoms with Gasteiger partial charge in [0.2, 0.25) is 0 Å². The topological polar surface area (TPSA) is 108 Å². The first-order valence-electron chi connectivity index (χ1n) is 8.79. The molecule has 1 atom stereocenters. The number of esters is 2. The van der Waals surface area contributed by atoms with Crippen molar-refractivity contribution in [2.75, 3.05) is 14.2 Å². The van der Waals surface area contributed by atoms with Crippen molar-refractivity contribution >= 4 is 24.1 Å². The number of rotatable bonds is 6. The molecule has 0 aromatic heterocycles. The van der Waals surface area contributed by atoms with Crippen LogP contribution in [0.4, 0.5) is 9.59 Å². The van der Waals surface area contributed by atoms with Crippen LogP contribution in [0.25, 0.3) is 0 Å². The van der Waals surface area contributed by atoms with Crippen LogP contribution in [-0.4, -0.2) is 60.5 Å². The summed E-state index contributed by atoms with van der Waals surface area (Å²) in [6.07, 6.45) is 0.766.